The topological polar surface area (TPSA) is 29.9 Å². The number of thiophene rings is 1. The van der Waals surface area contributed by atoms with Gasteiger partial charge in [0.2, 0.25) is 0 Å². The number of imidazole rings is 1. The molecule has 2 aromatic heterocycles. The van der Waals surface area contributed by atoms with Gasteiger partial charge in [0.25, 0.3) is 0 Å². The molecule has 0 saturated heterocycles. The third kappa shape index (κ3) is 1.49. The van der Waals surface area contributed by atoms with Crippen molar-refractivity contribution < 1.29 is 0 Å². The van der Waals surface area contributed by atoms with Crippen LogP contribution in [-0.4, -0.2) is 16.1 Å². The molecule has 0 spiro atoms. The van der Waals surface area contributed by atoms with Crippen LogP contribution < -0.4 is 5.32 Å². The lowest BCUT2D eigenvalue weighted by Gasteiger charge is -2.25. The van der Waals surface area contributed by atoms with Gasteiger partial charge < -0.3 is 9.88 Å². The summed E-state index contributed by atoms with van der Waals surface area (Å²) in [6.07, 6.45) is 5.05. The molecule has 3 heterocycles. The zero-order valence-electron chi connectivity index (χ0n) is 9.31. The summed E-state index contributed by atoms with van der Waals surface area (Å²) in [5.41, 5.74) is 2.72. The molecule has 16 heavy (non-hydrogen) atoms. The second-order valence-electron chi connectivity index (χ2n) is 4.04. The number of rotatable bonds is 2. The Balaban J connectivity index is 2.04. The molecule has 0 fully saturated rings. The molecule has 0 bridgehead atoms. The van der Waals surface area contributed by atoms with E-state index in [0.717, 1.165) is 19.5 Å². The van der Waals surface area contributed by atoms with Gasteiger partial charge in [-0.3, -0.25) is 0 Å². The zero-order chi connectivity index (χ0) is 11.0. The SMILES string of the molecule is CCn1cncc1C1NCCc2sccc21. The highest BCUT2D eigenvalue weighted by Crippen LogP contribution is 2.31. The summed E-state index contributed by atoms with van der Waals surface area (Å²) in [6.45, 7) is 4.20. The average molecular weight is 233 g/mol. The van der Waals surface area contributed by atoms with Crippen LogP contribution in [0.25, 0.3) is 0 Å². The second-order valence-corrected chi connectivity index (χ2v) is 5.04. The molecule has 3 rings (SSSR count). The molecule has 1 unspecified atom stereocenters. The number of nitrogens with one attached hydrogen (secondary N) is 1. The van der Waals surface area contributed by atoms with Gasteiger partial charge in [-0.25, -0.2) is 4.98 Å². The van der Waals surface area contributed by atoms with E-state index in [1.165, 1.54) is 16.1 Å². The largest absolute Gasteiger partial charge is 0.333 e. The van der Waals surface area contributed by atoms with Gasteiger partial charge in [0.1, 0.15) is 0 Å². The molecule has 4 heteroatoms. The van der Waals surface area contributed by atoms with Crippen LogP contribution in [0.5, 0.6) is 0 Å². The molecule has 1 aliphatic rings. The van der Waals surface area contributed by atoms with E-state index in [-0.39, 0.29) is 0 Å². The lowest BCUT2D eigenvalue weighted by Crippen LogP contribution is -2.30. The molecule has 84 valence electrons. The molecule has 1 atom stereocenters. The van der Waals surface area contributed by atoms with E-state index in [1.54, 1.807) is 0 Å². The Hall–Kier alpha value is -1.13. The lowest BCUT2D eigenvalue weighted by molar-refractivity contribution is 0.536. The number of aromatic nitrogens is 2. The highest BCUT2D eigenvalue weighted by molar-refractivity contribution is 7.10. The fraction of sp³-hybridized carbons (Fsp3) is 0.417. The average Bonchev–Trinajstić information content (AvgIpc) is 2.96. The summed E-state index contributed by atoms with van der Waals surface area (Å²) in [4.78, 5) is 5.77. The number of aryl methyl sites for hydroxylation is 1. The predicted octanol–water partition coefficient (Wildman–Crippen LogP) is 2.20. The van der Waals surface area contributed by atoms with E-state index < -0.39 is 0 Å². The number of hydrogen-bond acceptors (Lipinski definition) is 3. The lowest BCUT2D eigenvalue weighted by atomic mass is 10.00. The van der Waals surface area contributed by atoms with Crippen molar-refractivity contribution in [1.29, 1.82) is 0 Å². The summed E-state index contributed by atoms with van der Waals surface area (Å²) in [7, 11) is 0. The molecule has 0 aliphatic carbocycles. The van der Waals surface area contributed by atoms with Crippen LogP contribution in [0.15, 0.2) is 24.0 Å². The molecular weight excluding hydrogens is 218 g/mol. The van der Waals surface area contributed by atoms with E-state index in [0.29, 0.717) is 6.04 Å². The minimum Gasteiger partial charge on any atom is -0.333 e. The van der Waals surface area contributed by atoms with Crippen LogP contribution in [0.2, 0.25) is 0 Å². The maximum absolute atomic E-state index is 4.25. The van der Waals surface area contributed by atoms with Gasteiger partial charge in [-0.1, -0.05) is 0 Å². The smallest absolute Gasteiger partial charge is 0.0948 e. The predicted molar refractivity (Wildman–Crippen MR) is 65.8 cm³/mol. The first-order chi connectivity index (χ1) is 7.90. The first kappa shape index (κ1) is 10.1. The van der Waals surface area contributed by atoms with Crippen LogP contribution in [0.1, 0.15) is 29.1 Å². The normalized spacial score (nSPS) is 19.7. The van der Waals surface area contributed by atoms with Gasteiger partial charge in [0.05, 0.1) is 24.3 Å². The third-order valence-electron chi connectivity index (χ3n) is 3.17. The van der Waals surface area contributed by atoms with Crippen molar-refractivity contribution in [3.05, 3.63) is 40.1 Å². The molecular formula is C12H15N3S. The van der Waals surface area contributed by atoms with Crippen LogP contribution in [0, 0.1) is 0 Å². The first-order valence-corrected chi connectivity index (χ1v) is 6.57. The van der Waals surface area contributed by atoms with Crippen LogP contribution in [0.3, 0.4) is 0 Å². The van der Waals surface area contributed by atoms with Crippen molar-refractivity contribution in [2.75, 3.05) is 6.54 Å². The molecule has 0 radical (unpaired) electrons. The first-order valence-electron chi connectivity index (χ1n) is 5.70. The minimum absolute atomic E-state index is 0.331. The van der Waals surface area contributed by atoms with Gasteiger partial charge in [0.15, 0.2) is 0 Å². The molecule has 1 N–H and O–H groups in total. The Morgan fingerprint density at radius 3 is 3.44 bits per heavy atom. The monoisotopic (exact) mass is 233 g/mol. The van der Waals surface area contributed by atoms with E-state index in [2.05, 4.69) is 33.2 Å². The molecule has 2 aromatic rings. The van der Waals surface area contributed by atoms with Crippen molar-refractivity contribution in [1.82, 2.24) is 14.9 Å². The molecule has 0 amide bonds. The van der Waals surface area contributed by atoms with Gasteiger partial charge in [-0.15, -0.1) is 11.3 Å². The van der Waals surface area contributed by atoms with Crippen LogP contribution >= 0.6 is 11.3 Å². The van der Waals surface area contributed by atoms with E-state index in [4.69, 9.17) is 0 Å². The Morgan fingerprint density at radius 2 is 2.56 bits per heavy atom. The Morgan fingerprint density at radius 1 is 1.62 bits per heavy atom. The van der Waals surface area contributed by atoms with Gasteiger partial charge in [-0.05, 0) is 30.4 Å². The van der Waals surface area contributed by atoms with Crippen molar-refractivity contribution in [3.8, 4) is 0 Å². The Labute approximate surface area is 99.1 Å². The standard InChI is InChI=1S/C12H15N3S/c1-2-15-8-13-7-10(15)12-9-4-6-16-11(9)3-5-14-12/h4,6-8,12,14H,2-3,5H2,1H3. The Bertz CT molecular complexity index is 486. The summed E-state index contributed by atoms with van der Waals surface area (Å²) < 4.78 is 2.21. The summed E-state index contributed by atoms with van der Waals surface area (Å²) in [5, 5.41) is 5.78. The van der Waals surface area contributed by atoms with Gasteiger partial charge in [0, 0.05) is 18.0 Å². The molecule has 0 aromatic carbocycles. The molecule has 1 aliphatic heterocycles. The zero-order valence-corrected chi connectivity index (χ0v) is 10.1. The molecule has 0 saturated carbocycles. The fourth-order valence-corrected chi connectivity index (χ4v) is 3.27. The maximum atomic E-state index is 4.25. The number of nitrogens with zero attached hydrogens (tertiary/aromatic N) is 2. The number of hydrogen-bond donors (Lipinski definition) is 1. The minimum atomic E-state index is 0.331. The third-order valence-corrected chi connectivity index (χ3v) is 4.17. The van der Waals surface area contributed by atoms with E-state index in [9.17, 15) is 0 Å². The number of fused-ring (bicyclic) bond motifs is 1. The quantitative estimate of drug-likeness (QED) is 0.862. The van der Waals surface area contributed by atoms with Gasteiger partial charge in [-0.2, -0.15) is 0 Å². The van der Waals surface area contributed by atoms with Crippen LogP contribution in [-0.2, 0) is 13.0 Å². The van der Waals surface area contributed by atoms with Crippen LogP contribution in [0.4, 0.5) is 0 Å². The highest BCUT2D eigenvalue weighted by Gasteiger charge is 2.24. The summed E-state index contributed by atoms with van der Waals surface area (Å²) in [6, 6.07) is 2.57. The van der Waals surface area contributed by atoms with Crippen molar-refractivity contribution in [2.45, 2.75) is 25.9 Å². The summed E-state index contributed by atoms with van der Waals surface area (Å²) in [5.74, 6) is 0. The van der Waals surface area contributed by atoms with E-state index >= 15 is 0 Å². The maximum Gasteiger partial charge on any atom is 0.0948 e. The van der Waals surface area contributed by atoms with Crippen molar-refractivity contribution in [3.63, 3.8) is 0 Å². The summed E-state index contributed by atoms with van der Waals surface area (Å²) >= 11 is 1.87. The highest BCUT2D eigenvalue weighted by atomic mass is 32.1. The Kier molecular flexibility index (Phi) is 2.53. The van der Waals surface area contributed by atoms with E-state index in [1.807, 2.05) is 23.9 Å². The van der Waals surface area contributed by atoms with Gasteiger partial charge >= 0.3 is 0 Å². The van der Waals surface area contributed by atoms with Crippen molar-refractivity contribution in [2.24, 2.45) is 0 Å². The fourth-order valence-electron chi connectivity index (χ4n) is 2.35. The molecule has 3 nitrogen and oxygen atoms in total. The second kappa shape index (κ2) is 4.03. The van der Waals surface area contributed by atoms with Crippen molar-refractivity contribution >= 4 is 11.3 Å².